The predicted molar refractivity (Wildman–Crippen MR) is 77.1 cm³/mol. The highest BCUT2D eigenvalue weighted by molar-refractivity contribution is 7.11. The van der Waals surface area contributed by atoms with Gasteiger partial charge in [0.05, 0.1) is 17.8 Å². The van der Waals surface area contributed by atoms with Crippen LogP contribution in [-0.2, 0) is 4.74 Å². The van der Waals surface area contributed by atoms with E-state index in [-0.39, 0.29) is 11.3 Å². The average molecular weight is 292 g/mol. The van der Waals surface area contributed by atoms with Crippen LogP contribution in [0.1, 0.15) is 53.4 Å². The number of hydrogen-bond acceptors (Lipinski definition) is 4. The number of carbonyl (C=O) groups excluding carboxylic acids is 1. The summed E-state index contributed by atoms with van der Waals surface area (Å²) in [6.45, 7) is 3.46. The van der Waals surface area contributed by atoms with Gasteiger partial charge in [0, 0.05) is 31.0 Å². The van der Waals surface area contributed by atoms with Crippen molar-refractivity contribution >= 4 is 17.2 Å². The van der Waals surface area contributed by atoms with Crippen molar-refractivity contribution in [2.24, 2.45) is 5.41 Å². The lowest BCUT2D eigenvalue weighted by Crippen LogP contribution is -2.37. The average Bonchev–Trinajstić information content (AvgIpc) is 3.06. The lowest BCUT2D eigenvalue weighted by molar-refractivity contribution is -0.00158. The van der Waals surface area contributed by atoms with E-state index < -0.39 is 0 Å². The third-order valence-corrected chi connectivity index (χ3v) is 5.71. The summed E-state index contributed by atoms with van der Waals surface area (Å²) in [6, 6.07) is 0. The minimum absolute atomic E-state index is 0.205. The van der Waals surface area contributed by atoms with Gasteiger partial charge in [0.1, 0.15) is 4.88 Å². The highest BCUT2D eigenvalue weighted by Crippen LogP contribution is 2.43. The minimum Gasteiger partial charge on any atom is -0.381 e. The zero-order chi connectivity index (χ0) is 13.6. The molecule has 1 amide bonds. The molecular weight excluding hydrogens is 272 g/mol. The largest absolute Gasteiger partial charge is 0.381 e. The van der Waals surface area contributed by atoms with Crippen LogP contribution < -0.4 is 0 Å². The molecule has 1 atom stereocenters. The maximum atomic E-state index is 12.7. The van der Waals surface area contributed by atoms with Crippen molar-refractivity contribution in [3.8, 4) is 0 Å². The second-order valence-electron chi connectivity index (χ2n) is 6.47. The van der Waals surface area contributed by atoms with Crippen LogP contribution in [-0.4, -0.2) is 42.1 Å². The molecule has 0 N–H and O–H groups in total. The maximum Gasteiger partial charge on any atom is 0.265 e. The van der Waals surface area contributed by atoms with Crippen molar-refractivity contribution in [2.75, 3.05) is 26.3 Å². The summed E-state index contributed by atoms with van der Waals surface area (Å²) in [5.74, 6) is 0.756. The molecular formula is C15H20N2O2S. The highest BCUT2D eigenvalue weighted by atomic mass is 32.1. The van der Waals surface area contributed by atoms with E-state index in [0.29, 0.717) is 5.92 Å². The van der Waals surface area contributed by atoms with Crippen LogP contribution in [0.15, 0.2) is 5.51 Å². The first kappa shape index (κ1) is 12.8. The number of amides is 1. The van der Waals surface area contributed by atoms with Crippen LogP contribution in [0, 0.1) is 5.41 Å². The van der Waals surface area contributed by atoms with Crippen LogP contribution in [0.5, 0.6) is 0 Å². The lowest BCUT2D eigenvalue weighted by atomic mass is 9.82. The third-order valence-electron chi connectivity index (χ3n) is 4.88. The van der Waals surface area contributed by atoms with Crippen molar-refractivity contribution in [1.29, 1.82) is 0 Å². The normalized spacial score (nSPS) is 30.1. The monoisotopic (exact) mass is 292 g/mol. The van der Waals surface area contributed by atoms with E-state index in [0.717, 1.165) is 49.7 Å². The molecule has 20 heavy (non-hydrogen) atoms. The Hall–Kier alpha value is -0.940. The van der Waals surface area contributed by atoms with E-state index in [2.05, 4.69) is 4.98 Å². The number of rotatable bonds is 2. The number of nitrogens with zero attached hydrogens (tertiary/aromatic N) is 2. The molecule has 1 aliphatic carbocycles. The number of likely N-dealkylation sites (tertiary alicyclic amines) is 1. The summed E-state index contributed by atoms with van der Waals surface area (Å²) in [5.41, 5.74) is 3.12. The van der Waals surface area contributed by atoms with E-state index in [9.17, 15) is 4.79 Å². The number of thiazole rings is 1. The summed E-state index contributed by atoms with van der Waals surface area (Å²) in [6.07, 6.45) is 5.82. The molecule has 1 aromatic rings. The molecule has 5 heteroatoms. The first-order valence-corrected chi connectivity index (χ1v) is 8.46. The van der Waals surface area contributed by atoms with Gasteiger partial charge in [-0.1, -0.05) is 0 Å². The number of aromatic nitrogens is 1. The summed E-state index contributed by atoms with van der Waals surface area (Å²) in [5, 5.41) is 0. The number of ether oxygens (including phenoxy) is 1. The topological polar surface area (TPSA) is 42.4 Å². The second kappa shape index (κ2) is 4.81. The Morgan fingerprint density at radius 3 is 3.10 bits per heavy atom. The lowest BCUT2D eigenvalue weighted by Gasteiger charge is -2.32. The maximum absolute atomic E-state index is 12.7. The van der Waals surface area contributed by atoms with Crippen molar-refractivity contribution < 1.29 is 9.53 Å². The van der Waals surface area contributed by atoms with E-state index in [4.69, 9.17) is 4.74 Å². The van der Waals surface area contributed by atoms with E-state index >= 15 is 0 Å². The standard InChI is InChI=1S/C15H20N2O2S/c18-14(13-12(11-2-3-11)16-10-20-13)17-6-5-15(8-17)4-1-7-19-9-15/h10-11H,1-9H2. The zero-order valence-corrected chi connectivity index (χ0v) is 12.5. The van der Waals surface area contributed by atoms with Crippen LogP contribution in [0.25, 0.3) is 0 Å². The quantitative estimate of drug-likeness (QED) is 0.841. The van der Waals surface area contributed by atoms with Gasteiger partial charge in [0.2, 0.25) is 0 Å². The van der Waals surface area contributed by atoms with Crippen LogP contribution >= 0.6 is 11.3 Å². The molecule has 108 valence electrons. The molecule has 0 bridgehead atoms. The second-order valence-corrected chi connectivity index (χ2v) is 7.33. The Kier molecular flexibility index (Phi) is 3.07. The van der Waals surface area contributed by atoms with Crippen LogP contribution in [0.2, 0.25) is 0 Å². The Morgan fingerprint density at radius 2 is 2.35 bits per heavy atom. The highest BCUT2D eigenvalue weighted by Gasteiger charge is 2.42. The van der Waals surface area contributed by atoms with Gasteiger partial charge in [-0.2, -0.15) is 0 Å². The molecule has 1 aromatic heterocycles. The van der Waals surface area contributed by atoms with Crippen molar-refractivity contribution in [2.45, 2.75) is 38.0 Å². The van der Waals surface area contributed by atoms with Crippen LogP contribution in [0.3, 0.4) is 0 Å². The molecule has 1 unspecified atom stereocenters. The van der Waals surface area contributed by atoms with Gasteiger partial charge in [-0.3, -0.25) is 4.79 Å². The summed E-state index contributed by atoms with van der Waals surface area (Å²) >= 11 is 1.51. The molecule has 2 aliphatic heterocycles. The molecule has 2 saturated heterocycles. The smallest absolute Gasteiger partial charge is 0.265 e. The summed E-state index contributed by atoms with van der Waals surface area (Å²) in [7, 11) is 0. The molecule has 4 nitrogen and oxygen atoms in total. The van der Waals surface area contributed by atoms with Gasteiger partial charge in [-0.05, 0) is 32.1 Å². The fraction of sp³-hybridized carbons (Fsp3) is 0.733. The van der Waals surface area contributed by atoms with Crippen molar-refractivity contribution in [3.05, 3.63) is 16.1 Å². The first-order valence-electron chi connectivity index (χ1n) is 7.58. The fourth-order valence-corrected chi connectivity index (χ4v) is 4.39. The number of carbonyl (C=O) groups is 1. The molecule has 1 saturated carbocycles. The summed E-state index contributed by atoms with van der Waals surface area (Å²) < 4.78 is 5.65. The van der Waals surface area contributed by atoms with Gasteiger partial charge < -0.3 is 9.64 Å². The van der Waals surface area contributed by atoms with Gasteiger partial charge in [0.25, 0.3) is 5.91 Å². The molecule has 0 aromatic carbocycles. The Labute approximate surface area is 123 Å². The molecule has 3 fully saturated rings. The Bertz CT molecular complexity index is 518. The van der Waals surface area contributed by atoms with E-state index in [1.807, 2.05) is 10.4 Å². The summed E-state index contributed by atoms with van der Waals surface area (Å²) in [4.78, 5) is 20.1. The molecule has 3 heterocycles. The van der Waals surface area contributed by atoms with Crippen molar-refractivity contribution in [3.63, 3.8) is 0 Å². The van der Waals surface area contributed by atoms with E-state index in [1.165, 1.54) is 30.6 Å². The Balaban J connectivity index is 1.50. The van der Waals surface area contributed by atoms with Gasteiger partial charge in [-0.15, -0.1) is 11.3 Å². The fourth-order valence-electron chi connectivity index (χ4n) is 3.55. The van der Waals surface area contributed by atoms with Crippen molar-refractivity contribution in [1.82, 2.24) is 9.88 Å². The van der Waals surface area contributed by atoms with Gasteiger partial charge >= 0.3 is 0 Å². The zero-order valence-electron chi connectivity index (χ0n) is 11.6. The van der Waals surface area contributed by atoms with Crippen LogP contribution in [0.4, 0.5) is 0 Å². The first-order chi connectivity index (χ1) is 9.77. The molecule has 3 aliphatic rings. The SMILES string of the molecule is O=C(c1scnc1C1CC1)N1CCC2(CCCOC2)C1. The van der Waals surface area contributed by atoms with E-state index in [1.54, 1.807) is 0 Å². The minimum atomic E-state index is 0.205. The molecule has 4 rings (SSSR count). The molecule has 1 spiro atoms. The molecule has 0 radical (unpaired) electrons. The Morgan fingerprint density at radius 1 is 1.45 bits per heavy atom. The third kappa shape index (κ3) is 2.17. The number of hydrogen-bond donors (Lipinski definition) is 0. The van der Waals surface area contributed by atoms with Gasteiger partial charge in [0.15, 0.2) is 0 Å². The van der Waals surface area contributed by atoms with Gasteiger partial charge in [-0.25, -0.2) is 4.98 Å². The predicted octanol–water partition coefficient (Wildman–Crippen LogP) is 2.66.